The number of benzene rings is 1. The minimum absolute atomic E-state index is 0.150. The van der Waals surface area contributed by atoms with Gasteiger partial charge in [-0.1, -0.05) is 37.7 Å². The van der Waals surface area contributed by atoms with Crippen molar-refractivity contribution in [3.8, 4) is 0 Å². The van der Waals surface area contributed by atoms with Crippen LogP contribution in [-0.2, 0) is 16.0 Å². The Balaban J connectivity index is 1.92. The smallest absolute Gasteiger partial charge is 0.303 e. The molecule has 1 unspecified atom stereocenters. The maximum absolute atomic E-state index is 13.5. The fourth-order valence-corrected chi connectivity index (χ4v) is 3.88. The molecular weight excluding hydrogens is 377 g/mol. The van der Waals surface area contributed by atoms with Crippen LogP contribution in [0.5, 0.6) is 0 Å². The zero-order valence-corrected chi connectivity index (χ0v) is 16.8. The molecule has 3 rings (SSSR count). The van der Waals surface area contributed by atoms with Crippen LogP contribution in [0.2, 0.25) is 0 Å². The van der Waals surface area contributed by atoms with Crippen LogP contribution in [0.4, 0.5) is 4.39 Å². The van der Waals surface area contributed by atoms with Gasteiger partial charge in [-0.15, -0.1) is 0 Å². The highest BCUT2D eigenvalue weighted by Gasteiger charge is 2.23. The number of H-pyrrole nitrogens is 1. The van der Waals surface area contributed by atoms with Crippen LogP contribution in [-0.4, -0.2) is 20.9 Å². The molecule has 1 atom stereocenters. The monoisotopic (exact) mass is 399 g/mol. The van der Waals surface area contributed by atoms with E-state index in [1.54, 1.807) is 18.5 Å². The number of nitrogens with zero attached hydrogens (tertiary/aromatic N) is 2. The van der Waals surface area contributed by atoms with E-state index in [0.29, 0.717) is 12.2 Å². The van der Waals surface area contributed by atoms with E-state index < -0.39 is 6.10 Å². The standard InChI is InChI=1S/C21H22FN3O2S/c1-13(2)19-21(28-17-8-4-7-16(22)11-17)25-20(24-19)18(27-14(3)26)10-15-6-5-9-23-12-15/h4-9,11-13,18H,10H2,1-3H3,(H,24,25). The lowest BCUT2D eigenvalue weighted by molar-refractivity contribution is -0.147. The van der Waals surface area contributed by atoms with Gasteiger partial charge >= 0.3 is 5.97 Å². The average Bonchev–Trinajstić information content (AvgIpc) is 3.06. The Labute approximate surface area is 167 Å². The molecule has 0 aliphatic heterocycles. The summed E-state index contributed by atoms with van der Waals surface area (Å²) in [7, 11) is 0. The minimum Gasteiger partial charge on any atom is -0.454 e. The van der Waals surface area contributed by atoms with E-state index in [9.17, 15) is 9.18 Å². The zero-order valence-electron chi connectivity index (χ0n) is 16.0. The summed E-state index contributed by atoms with van der Waals surface area (Å²) in [6.07, 6.45) is 3.34. The predicted octanol–water partition coefficient (Wildman–Crippen LogP) is 5.07. The lowest BCUT2D eigenvalue weighted by atomic mass is 10.1. The van der Waals surface area contributed by atoms with Crippen molar-refractivity contribution in [1.82, 2.24) is 15.0 Å². The van der Waals surface area contributed by atoms with E-state index in [1.165, 1.54) is 30.8 Å². The highest BCUT2D eigenvalue weighted by Crippen LogP contribution is 2.34. The van der Waals surface area contributed by atoms with Gasteiger partial charge in [0.15, 0.2) is 6.10 Å². The Hall–Kier alpha value is -2.67. The van der Waals surface area contributed by atoms with Gasteiger partial charge < -0.3 is 9.72 Å². The third-order valence-electron chi connectivity index (χ3n) is 4.04. The molecule has 7 heteroatoms. The van der Waals surface area contributed by atoms with Crippen molar-refractivity contribution in [3.63, 3.8) is 0 Å². The first-order valence-corrected chi connectivity index (χ1v) is 9.83. The predicted molar refractivity (Wildman–Crippen MR) is 106 cm³/mol. The van der Waals surface area contributed by atoms with Crippen LogP contribution < -0.4 is 0 Å². The van der Waals surface area contributed by atoms with E-state index in [1.807, 2.05) is 32.0 Å². The lowest BCUT2D eigenvalue weighted by Gasteiger charge is -2.14. The summed E-state index contributed by atoms with van der Waals surface area (Å²) in [5, 5.41) is 0.818. The number of hydrogen-bond acceptors (Lipinski definition) is 5. The number of esters is 1. The van der Waals surface area contributed by atoms with Gasteiger partial charge in [0, 0.05) is 30.6 Å². The normalized spacial score (nSPS) is 12.2. The summed E-state index contributed by atoms with van der Waals surface area (Å²) in [5.74, 6) is 0.0556. The van der Waals surface area contributed by atoms with Crippen molar-refractivity contribution < 1.29 is 13.9 Å². The van der Waals surface area contributed by atoms with Gasteiger partial charge in [0.2, 0.25) is 0 Å². The molecule has 0 aliphatic rings. The molecule has 0 saturated heterocycles. The maximum Gasteiger partial charge on any atom is 0.303 e. The van der Waals surface area contributed by atoms with E-state index in [0.717, 1.165) is 21.2 Å². The van der Waals surface area contributed by atoms with Crippen LogP contribution in [0.1, 0.15) is 49.9 Å². The lowest BCUT2D eigenvalue weighted by Crippen LogP contribution is -2.13. The molecule has 0 fully saturated rings. The average molecular weight is 399 g/mol. The Morgan fingerprint density at radius 2 is 2.11 bits per heavy atom. The van der Waals surface area contributed by atoms with E-state index in [-0.39, 0.29) is 17.7 Å². The van der Waals surface area contributed by atoms with Gasteiger partial charge in [-0.3, -0.25) is 9.78 Å². The fraction of sp³-hybridized carbons (Fsp3) is 0.286. The third kappa shape index (κ3) is 5.19. The van der Waals surface area contributed by atoms with E-state index in [4.69, 9.17) is 9.72 Å². The number of rotatable bonds is 7. The first kappa shape index (κ1) is 20.1. The molecule has 0 radical (unpaired) electrons. The number of pyridine rings is 1. The molecule has 2 aromatic heterocycles. The van der Waals surface area contributed by atoms with Crippen molar-refractivity contribution in [2.24, 2.45) is 0 Å². The molecule has 2 heterocycles. The molecule has 28 heavy (non-hydrogen) atoms. The second-order valence-corrected chi connectivity index (χ2v) is 7.80. The molecule has 3 aromatic rings. The quantitative estimate of drug-likeness (QED) is 0.562. The SMILES string of the molecule is CC(=O)OC(Cc1cccnc1)c1nc(C(C)C)c(Sc2cccc(F)c2)[nH]1. The number of hydrogen-bond donors (Lipinski definition) is 1. The summed E-state index contributed by atoms with van der Waals surface area (Å²) < 4.78 is 19.1. The molecule has 0 aliphatic carbocycles. The minimum atomic E-state index is -0.555. The van der Waals surface area contributed by atoms with Crippen molar-refractivity contribution in [2.45, 2.75) is 49.1 Å². The number of imidazole rings is 1. The number of carbonyl (C=O) groups is 1. The number of aromatic nitrogens is 3. The van der Waals surface area contributed by atoms with Crippen LogP contribution in [0, 0.1) is 5.82 Å². The van der Waals surface area contributed by atoms with Crippen LogP contribution in [0.15, 0.2) is 58.7 Å². The van der Waals surface area contributed by atoms with Gasteiger partial charge in [-0.05, 0) is 35.7 Å². The second kappa shape index (κ2) is 9.01. The van der Waals surface area contributed by atoms with Gasteiger partial charge in [-0.2, -0.15) is 0 Å². The van der Waals surface area contributed by atoms with Crippen molar-refractivity contribution in [1.29, 1.82) is 0 Å². The largest absolute Gasteiger partial charge is 0.454 e. The Morgan fingerprint density at radius 3 is 2.75 bits per heavy atom. The molecule has 0 saturated carbocycles. The van der Waals surface area contributed by atoms with Crippen molar-refractivity contribution in [2.75, 3.05) is 0 Å². The summed E-state index contributed by atoms with van der Waals surface area (Å²) in [5.41, 5.74) is 1.79. The maximum atomic E-state index is 13.5. The molecule has 0 spiro atoms. The molecule has 0 amide bonds. The number of aromatic amines is 1. The topological polar surface area (TPSA) is 67.9 Å². The Kier molecular flexibility index (Phi) is 6.46. The number of ether oxygens (including phenoxy) is 1. The molecule has 0 bridgehead atoms. The van der Waals surface area contributed by atoms with Crippen molar-refractivity contribution >= 4 is 17.7 Å². The molecule has 1 N–H and O–H groups in total. The first-order valence-electron chi connectivity index (χ1n) is 9.01. The third-order valence-corrected chi connectivity index (χ3v) is 5.04. The molecule has 5 nitrogen and oxygen atoms in total. The zero-order chi connectivity index (χ0) is 20.1. The highest BCUT2D eigenvalue weighted by atomic mass is 32.2. The van der Waals surface area contributed by atoms with Gasteiger partial charge in [0.05, 0.1) is 5.69 Å². The van der Waals surface area contributed by atoms with Crippen LogP contribution in [0.3, 0.4) is 0 Å². The van der Waals surface area contributed by atoms with Gasteiger partial charge in [-0.25, -0.2) is 9.37 Å². The molecular formula is C21H22FN3O2S. The summed E-state index contributed by atoms with van der Waals surface area (Å²) in [6.45, 7) is 5.46. The van der Waals surface area contributed by atoms with E-state index >= 15 is 0 Å². The van der Waals surface area contributed by atoms with Gasteiger partial charge in [0.25, 0.3) is 0 Å². The summed E-state index contributed by atoms with van der Waals surface area (Å²) in [6, 6.07) is 10.2. The highest BCUT2D eigenvalue weighted by molar-refractivity contribution is 7.99. The van der Waals surface area contributed by atoms with Crippen molar-refractivity contribution in [3.05, 3.63) is 71.7 Å². The first-order chi connectivity index (χ1) is 13.4. The fourth-order valence-electron chi connectivity index (χ4n) is 2.79. The molecule has 146 valence electrons. The van der Waals surface area contributed by atoms with Crippen LogP contribution >= 0.6 is 11.8 Å². The van der Waals surface area contributed by atoms with Crippen LogP contribution in [0.25, 0.3) is 0 Å². The molecule has 1 aromatic carbocycles. The number of nitrogens with one attached hydrogen (secondary N) is 1. The van der Waals surface area contributed by atoms with Gasteiger partial charge in [0.1, 0.15) is 16.7 Å². The Morgan fingerprint density at radius 1 is 1.29 bits per heavy atom. The number of carbonyl (C=O) groups excluding carboxylic acids is 1. The number of halogens is 1. The Bertz CT molecular complexity index is 944. The second-order valence-electron chi connectivity index (χ2n) is 6.71. The van der Waals surface area contributed by atoms with E-state index in [2.05, 4.69) is 9.97 Å². The summed E-state index contributed by atoms with van der Waals surface area (Å²) >= 11 is 1.41. The summed E-state index contributed by atoms with van der Waals surface area (Å²) in [4.78, 5) is 24.5.